The van der Waals surface area contributed by atoms with E-state index in [1.54, 1.807) is 25.3 Å². The third kappa shape index (κ3) is 4.15. The number of alkyl halides is 1. The van der Waals surface area contributed by atoms with Crippen LogP contribution in [0.25, 0.3) is 11.1 Å². The van der Waals surface area contributed by atoms with Gasteiger partial charge in [0.15, 0.2) is 6.17 Å². The second kappa shape index (κ2) is 8.57. The summed E-state index contributed by atoms with van der Waals surface area (Å²) in [7, 11) is 1.58. The quantitative estimate of drug-likeness (QED) is 0.742. The smallest absolute Gasteiger partial charge is 0.246 e. The van der Waals surface area contributed by atoms with Gasteiger partial charge in [0.25, 0.3) is 0 Å². The number of para-hydroxylation sites is 1. The van der Waals surface area contributed by atoms with Crippen molar-refractivity contribution in [3.63, 3.8) is 0 Å². The van der Waals surface area contributed by atoms with Gasteiger partial charge >= 0.3 is 0 Å². The van der Waals surface area contributed by atoms with E-state index in [9.17, 15) is 14.4 Å². The van der Waals surface area contributed by atoms with Gasteiger partial charge in [-0.2, -0.15) is 5.26 Å². The van der Waals surface area contributed by atoms with E-state index in [-0.39, 0.29) is 12.5 Å². The molecule has 0 spiro atoms. The summed E-state index contributed by atoms with van der Waals surface area (Å²) in [5, 5.41) is 9.38. The number of carbonyl (C=O) groups excluding carboxylic acids is 1. The highest BCUT2D eigenvalue weighted by atomic mass is 19.1. The molecule has 1 amide bonds. The van der Waals surface area contributed by atoms with E-state index in [0.29, 0.717) is 30.0 Å². The Labute approximate surface area is 163 Å². The largest absolute Gasteiger partial charge is 0.496 e. The molecule has 6 heteroatoms. The van der Waals surface area contributed by atoms with E-state index in [2.05, 4.69) is 12.6 Å². The van der Waals surface area contributed by atoms with Crippen molar-refractivity contribution in [2.45, 2.75) is 18.7 Å². The second-order valence-corrected chi connectivity index (χ2v) is 6.51. The number of carbonyl (C=O) groups is 1. The normalized spacial score (nSPS) is 18.8. The molecule has 1 aliphatic rings. The molecule has 5 nitrogen and oxygen atoms in total. The first-order valence-electron chi connectivity index (χ1n) is 8.96. The molecule has 0 aromatic heterocycles. The number of likely N-dealkylation sites (tertiary alicyclic amines) is 1. The highest BCUT2D eigenvalue weighted by Gasteiger charge is 2.32. The number of nitrogens with zero attached hydrogens (tertiary/aromatic N) is 2. The number of hydrogen-bond acceptors (Lipinski definition) is 4. The van der Waals surface area contributed by atoms with E-state index < -0.39 is 12.3 Å². The maximum Gasteiger partial charge on any atom is 0.246 e. The van der Waals surface area contributed by atoms with E-state index >= 15 is 0 Å². The molecule has 0 unspecified atom stereocenters. The molecule has 2 aromatic carbocycles. The van der Waals surface area contributed by atoms with Crippen LogP contribution in [0.2, 0.25) is 0 Å². The molecule has 0 N–H and O–H groups in total. The van der Waals surface area contributed by atoms with E-state index in [1.807, 2.05) is 24.3 Å². The number of halogens is 1. The molecule has 0 saturated carbocycles. The molecule has 1 heterocycles. The Morgan fingerprint density at radius 1 is 1.36 bits per heavy atom. The van der Waals surface area contributed by atoms with Crippen molar-refractivity contribution in [3.05, 3.63) is 60.7 Å². The van der Waals surface area contributed by atoms with Gasteiger partial charge in [-0.05, 0) is 35.9 Å². The van der Waals surface area contributed by atoms with Gasteiger partial charge in [0.05, 0.1) is 25.3 Å². The van der Waals surface area contributed by atoms with Crippen LogP contribution in [0.5, 0.6) is 11.5 Å². The number of amides is 1. The number of hydrogen-bond donors (Lipinski definition) is 0. The molecule has 0 aliphatic carbocycles. The first kappa shape index (κ1) is 19.4. The van der Waals surface area contributed by atoms with Crippen molar-refractivity contribution in [1.29, 1.82) is 5.26 Å². The zero-order valence-electron chi connectivity index (χ0n) is 15.6. The maximum atomic E-state index is 14.6. The summed E-state index contributed by atoms with van der Waals surface area (Å²) in [4.78, 5) is 13.1. The Hall–Kier alpha value is -3.33. The number of piperidine rings is 1. The lowest BCUT2D eigenvalue weighted by Gasteiger charge is -2.34. The topological polar surface area (TPSA) is 62.6 Å². The Morgan fingerprint density at radius 2 is 2.14 bits per heavy atom. The summed E-state index contributed by atoms with van der Waals surface area (Å²) in [6.45, 7) is 3.79. The van der Waals surface area contributed by atoms with Crippen LogP contribution in [0.3, 0.4) is 0 Å². The summed E-state index contributed by atoms with van der Waals surface area (Å²) in [5.41, 5.74) is 1.98. The van der Waals surface area contributed by atoms with Gasteiger partial charge in [-0.3, -0.25) is 4.79 Å². The summed E-state index contributed by atoms with van der Waals surface area (Å²) < 4.78 is 25.8. The van der Waals surface area contributed by atoms with Crippen molar-refractivity contribution in [2.24, 2.45) is 0 Å². The predicted molar refractivity (Wildman–Crippen MR) is 104 cm³/mol. The molecule has 0 radical (unpaired) electrons. The fourth-order valence-electron chi connectivity index (χ4n) is 3.29. The molecule has 3 rings (SSSR count). The third-order valence-electron chi connectivity index (χ3n) is 4.71. The van der Waals surface area contributed by atoms with Crippen molar-refractivity contribution >= 4 is 5.91 Å². The second-order valence-electron chi connectivity index (χ2n) is 6.51. The van der Waals surface area contributed by atoms with Crippen molar-refractivity contribution in [3.8, 4) is 28.7 Å². The maximum absolute atomic E-state index is 14.6. The van der Waals surface area contributed by atoms with Crippen LogP contribution >= 0.6 is 0 Å². The van der Waals surface area contributed by atoms with Crippen LogP contribution in [0.1, 0.15) is 12.0 Å². The average Bonchev–Trinajstić information content (AvgIpc) is 2.74. The zero-order chi connectivity index (χ0) is 20.1. The number of methoxy groups -OCH3 is 1. The SMILES string of the molecule is C=CC(=O)N1CC[C@H](Oc2cc(C#N)cc(-c3ccccc3OC)c2)[C@H](F)C1. The average molecular weight is 380 g/mol. The Bertz CT molecular complexity index is 922. The van der Waals surface area contributed by atoms with Gasteiger partial charge < -0.3 is 14.4 Å². The minimum atomic E-state index is -1.32. The van der Waals surface area contributed by atoms with E-state index in [0.717, 1.165) is 11.1 Å². The Morgan fingerprint density at radius 3 is 2.82 bits per heavy atom. The summed E-state index contributed by atoms with van der Waals surface area (Å²) in [6.07, 6.45) is -0.461. The highest BCUT2D eigenvalue weighted by Crippen LogP contribution is 2.33. The lowest BCUT2D eigenvalue weighted by Crippen LogP contribution is -2.48. The molecule has 2 atom stereocenters. The molecular formula is C22H21FN2O3. The summed E-state index contributed by atoms with van der Waals surface area (Å²) >= 11 is 0. The lowest BCUT2D eigenvalue weighted by molar-refractivity contribution is -0.129. The van der Waals surface area contributed by atoms with Gasteiger partial charge in [-0.15, -0.1) is 0 Å². The third-order valence-corrected chi connectivity index (χ3v) is 4.71. The van der Waals surface area contributed by atoms with Crippen LogP contribution in [0, 0.1) is 11.3 Å². The van der Waals surface area contributed by atoms with Gasteiger partial charge in [-0.1, -0.05) is 24.8 Å². The van der Waals surface area contributed by atoms with Gasteiger partial charge in [0.1, 0.15) is 17.6 Å². The molecule has 28 heavy (non-hydrogen) atoms. The van der Waals surface area contributed by atoms with Crippen molar-refractivity contribution in [2.75, 3.05) is 20.2 Å². The summed E-state index contributed by atoms with van der Waals surface area (Å²) in [5.74, 6) is 0.797. The lowest BCUT2D eigenvalue weighted by atomic mass is 10.0. The molecule has 1 saturated heterocycles. The number of nitriles is 1. The molecule has 1 fully saturated rings. The number of rotatable bonds is 5. The van der Waals surface area contributed by atoms with E-state index in [4.69, 9.17) is 9.47 Å². The number of benzene rings is 2. The van der Waals surface area contributed by atoms with E-state index in [1.165, 1.54) is 11.0 Å². The molecule has 2 aromatic rings. The molecule has 0 bridgehead atoms. The first-order chi connectivity index (χ1) is 13.5. The van der Waals surface area contributed by atoms with Crippen LogP contribution in [0.15, 0.2) is 55.1 Å². The van der Waals surface area contributed by atoms with Gasteiger partial charge in [-0.25, -0.2) is 4.39 Å². The molecule has 144 valence electrons. The highest BCUT2D eigenvalue weighted by molar-refractivity contribution is 5.87. The molecular weight excluding hydrogens is 359 g/mol. The minimum Gasteiger partial charge on any atom is -0.496 e. The predicted octanol–water partition coefficient (Wildman–Crippen LogP) is 3.74. The fraction of sp³-hybridized carbons (Fsp3) is 0.273. The van der Waals surface area contributed by atoms with Gasteiger partial charge in [0, 0.05) is 18.5 Å². The minimum absolute atomic E-state index is 0.0349. The summed E-state index contributed by atoms with van der Waals surface area (Å²) in [6, 6.07) is 14.7. The van der Waals surface area contributed by atoms with Crippen LogP contribution in [0.4, 0.5) is 4.39 Å². The van der Waals surface area contributed by atoms with Crippen LogP contribution in [-0.2, 0) is 4.79 Å². The Balaban J connectivity index is 1.84. The monoisotopic (exact) mass is 380 g/mol. The Kier molecular flexibility index (Phi) is 5.95. The van der Waals surface area contributed by atoms with Crippen molar-refractivity contribution in [1.82, 2.24) is 4.90 Å². The number of ether oxygens (including phenoxy) is 2. The van der Waals surface area contributed by atoms with Gasteiger partial charge in [0.2, 0.25) is 5.91 Å². The first-order valence-corrected chi connectivity index (χ1v) is 8.96. The van der Waals surface area contributed by atoms with Crippen LogP contribution < -0.4 is 9.47 Å². The zero-order valence-corrected chi connectivity index (χ0v) is 15.6. The standard InChI is InChI=1S/C22H21FN2O3/c1-3-22(26)25-9-8-21(19(23)14-25)28-17-11-15(13-24)10-16(12-17)18-6-4-5-7-20(18)27-2/h3-7,10-12,19,21H,1,8-9,14H2,2H3/t19-,21+/m1/s1. The fourth-order valence-corrected chi connectivity index (χ4v) is 3.29. The molecule has 1 aliphatic heterocycles. The van der Waals surface area contributed by atoms with Crippen LogP contribution in [-0.4, -0.2) is 43.3 Å². The van der Waals surface area contributed by atoms with Crippen molar-refractivity contribution < 1.29 is 18.7 Å².